The zero-order valence-electron chi connectivity index (χ0n) is 10.4. The van der Waals surface area contributed by atoms with E-state index in [-0.39, 0.29) is 12.8 Å². The Morgan fingerprint density at radius 3 is 2.83 bits per heavy atom. The monoisotopic (exact) mass is 261 g/mol. The number of nitrogens with zero attached hydrogens (tertiary/aromatic N) is 2. The van der Waals surface area contributed by atoms with Gasteiger partial charge in [-0.3, -0.25) is 4.68 Å². The van der Waals surface area contributed by atoms with Crippen molar-refractivity contribution in [2.75, 3.05) is 0 Å². The van der Waals surface area contributed by atoms with Crippen LogP contribution in [0, 0.1) is 5.92 Å². The lowest BCUT2D eigenvalue weighted by Gasteiger charge is -2.38. The zero-order valence-corrected chi connectivity index (χ0v) is 10.4. The Morgan fingerprint density at radius 2 is 2.28 bits per heavy atom. The van der Waals surface area contributed by atoms with Crippen LogP contribution in [0.5, 0.6) is 0 Å². The average molecular weight is 261 g/mol. The average Bonchev–Trinajstić information content (AvgIpc) is 2.62. The van der Waals surface area contributed by atoms with Crippen molar-refractivity contribution in [1.29, 1.82) is 0 Å². The van der Waals surface area contributed by atoms with Crippen molar-refractivity contribution in [3.05, 3.63) is 18.0 Å². The maximum atomic E-state index is 12.8. The van der Waals surface area contributed by atoms with Crippen molar-refractivity contribution in [1.82, 2.24) is 9.78 Å². The molecule has 0 saturated heterocycles. The molecule has 2 N–H and O–H groups in total. The topological polar surface area (TPSA) is 43.8 Å². The second-order valence-corrected chi connectivity index (χ2v) is 5.40. The fourth-order valence-corrected chi connectivity index (χ4v) is 2.81. The van der Waals surface area contributed by atoms with E-state index in [9.17, 15) is 13.2 Å². The van der Waals surface area contributed by atoms with Crippen LogP contribution in [0.25, 0.3) is 0 Å². The second kappa shape index (κ2) is 4.57. The van der Waals surface area contributed by atoms with Gasteiger partial charge in [0.2, 0.25) is 0 Å². The first-order valence-electron chi connectivity index (χ1n) is 6.12. The lowest BCUT2D eigenvalue weighted by Crippen LogP contribution is -2.48. The number of rotatable bonds is 2. The molecule has 6 heteroatoms. The number of hydrogen-bond donors (Lipinski definition) is 1. The first-order valence-corrected chi connectivity index (χ1v) is 6.12. The molecular weight excluding hydrogens is 243 g/mol. The Balaban J connectivity index is 2.06. The molecule has 0 amide bonds. The predicted molar refractivity (Wildman–Crippen MR) is 61.8 cm³/mol. The van der Waals surface area contributed by atoms with E-state index < -0.39 is 17.6 Å². The van der Waals surface area contributed by atoms with Crippen LogP contribution in [0.1, 0.15) is 31.2 Å². The van der Waals surface area contributed by atoms with Crippen LogP contribution in [0.2, 0.25) is 0 Å². The summed E-state index contributed by atoms with van der Waals surface area (Å²) in [7, 11) is 1.78. The van der Waals surface area contributed by atoms with Gasteiger partial charge in [-0.05, 0) is 31.2 Å². The number of aryl methyl sites for hydroxylation is 1. The third kappa shape index (κ3) is 3.04. The van der Waals surface area contributed by atoms with Gasteiger partial charge in [0.05, 0.1) is 12.1 Å². The number of aromatic nitrogens is 2. The van der Waals surface area contributed by atoms with Crippen molar-refractivity contribution in [3.63, 3.8) is 0 Å². The molecule has 102 valence electrons. The minimum Gasteiger partial charge on any atom is -0.325 e. The van der Waals surface area contributed by atoms with E-state index in [0.717, 1.165) is 5.56 Å². The molecule has 1 aromatic rings. The third-order valence-corrected chi connectivity index (χ3v) is 3.66. The summed E-state index contributed by atoms with van der Waals surface area (Å²) in [6.45, 7) is 0. The summed E-state index contributed by atoms with van der Waals surface area (Å²) < 4.78 is 39.9. The van der Waals surface area contributed by atoms with E-state index in [1.54, 1.807) is 17.9 Å². The number of halogens is 3. The number of nitrogens with two attached hydrogens (primary N) is 1. The molecule has 1 aliphatic carbocycles. The molecule has 1 aromatic heterocycles. The Hall–Kier alpha value is -1.04. The molecule has 1 saturated carbocycles. The summed E-state index contributed by atoms with van der Waals surface area (Å²) in [5.41, 5.74) is 6.31. The van der Waals surface area contributed by atoms with Gasteiger partial charge in [-0.1, -0.05) is 6.42 Å². The Labute approximate surface area is 104 Å². The molecule has 0 aliphatic heterocycles. The molecule has 0 aromatic carbocycles. The summed E-state index contributed by atoms with van der Waals surface area (Å²) in [6.07, 6.45) is 1.24. The lowest BCUT2D eigenvalue weighted by molar-refractivity contribution is -0.187. The summed E-state index contributed by atoms with van der Waals surface area (Å²) in [4.78, 5) is 0. The first-order chi connectivity index (χ1) is 8.28. The molecule has 18 heavy (non-hydrogen) atoms. The molecule has 0 radical (unpaired) electrons. The largest absolute Gasteiger partial charge is 0.391 e. The highest BCUT2D eigenvalue weighted by molar-refractivity contribution is 5.10. The maximum absolute atomic E-state index is 12.8. The Bertz CT molecular complexity index is 413. The van der Waals surface area contributed by atoms with Crippen LogP contribution < -0.4 is 5.73 Å². The highest BCUT2D eigenvalue weighted by atomic mass is 19.4. The van der Waals surface area contributed by atoms with E-state index in [4.69, 9.17) is 5.73 Å². The van der Waals surface area contributed by atoms with Crippen molar-refractivity contribution in [2.24, 2.45) is 18.7 Å². The standard InChI is InChI=1S/C12H18F3N3/c1-18-8-9(7-17-18)5-11(16)4-2-3-10(6-11)12(13,14)15/h7-8,10H,2-6,16H2,1H3. The predicted octanol–water partition coefficient (Wildman–Crippen LogP) is 2.41. The van der Waals surface area contributed by atoms with Crippen LogP contribution in [-0.2, 0) is 13.5 Å². The molecule has 0 spiro atoms. The van der Waals surface area contributed by atoms with E-state index in [0.29, 0.717) is 19.3 Å². The lowest BCUT2D eigenvalue weighted by atomic mass is 9.73. The second-order valence-electron chi connectivity index (χ2n) is 5.40. The minimum atomic E-state index is -4.13. The molecule has 1 heterocycles. The SMILES string of the molecule is Cn1cc(CC2(N)CCCC(C(F)(F)F)C2)cn1. The normalized spacial score (nSPS) is 29.5. The summed E-state index contributed by atoms with van der Waals surface area (Å²) in [5, 5.41) is 4.02. The van der Waals surface area contributed by atoms with Gasteiger partial charge in [0.15, 0.2) is 0 Å². The van der Waals surface area contributed by atoms with E-state index in [1.165, 1.54) is 0 Å². The molecular formula is C12H18F3N3. The van der Waals surface area contributed by atoms with Gasteiger partial charge in [0.25, 0.3) is 0 Å². The minimum absolute atomic E-state index is 0.0192. The van der Waals surface area contributed by atoms with E-state index in [1.807, 2.05) is 6.20 Å². The molecule has 1 fully saturated rings. The number of hydrogen-bond acceptors (Lipinski definition) is 2. The van der Waals surface area contributed by atoms with Gasteiger partial charge >= 0.3 is 6.18 Å². The van der Waals surface area contributed by atoms with Crippen LogP contribution in [0.4, 0.5) is 13.2 Å². The van der Waals surface area contributed by atoms with Gasteiger partial charge in [-0.25, -0.2) is 0 Å². The van der Waals surface area contributed by atoms with Crippen molar-refractivity contribution < 1.29 is 13.2 Å². The van der Waals surface area contributed by atoms with Gasteiger partial charge in [-0.15, -0.1) is 0 Å². The summed E-state index contributed by atoms with van der Waals surface area (Å²) in [5.74, 6) is -1.26. The summed E-state index contributed by atoms with van der Waals surface area (Å²) in [6, 6.07) is 0. The zero-order chi connectivity index (χ0) is 13.4. The summed E-state index contributed by atoms with van der Waals surface area (Å²) >= 11 is 0. The molecule has 2 rings (SSSR count). The Morgan fingerprint density at radius 1 is 1.56 bits per heavy atom. The first kappa shape index (κ1) is 13.4. The molecule has 2 unspecified atom stereocenters. The van der Waals surface area contributed by atoms with Crippen LogP contribution >= 0.6 is 0 Å². The molecule has 2 atom stereocenters. The molecule has 0 bridgehead atoms. The van der Waals surface area contributed by atoms with Crippen LogP contribution in [0.3, 0.4) is 0 Å². The number of alkyl halides is 3. The van der Waals surface area contributed by atoms with Crippen LogP contribution in [0.15, 0.2) is 12.4 Å². The van der Waals surface area contributed by atoms with Gasteiger partial charge in [0, 0.05) is 18.8 Å². The quantitative estimate of drug-likeness (QED) is 0.888. The molecule has 1 aliphatic rings. The fraction of sp³-hybridized carbons (Fsp3) is 0.750. The van der Waals surface area contributed by atoms with Crippen LogP contribution in [-0.4, -0.2) is 21.5 Å². The fourth-order valence-electron chi connectivity index (χ4n) is 2.81. The van der Waals surface area contributed by atoms with Gasteiger partial charge in [-0.2, -0.15) is 18.3 Å². The van der Waals surface area contributed by atoms with E-state index >= 15 is 0 Å². The highest BCUT2D eigenvalue weighted by Gasteiger charge is 2.46. The van der Waals surface area contributed by atoms with Gasteiger partial charge < -0.3 is 5.73 Å². The Kier molecular flexibility index (Phi) is 3.40. The van der Waals surface area contributed by atoms with Crippen molar-refractivity contribution in [2.45, 2.75) is 43.8 Å². The van der Waals surface area contributed by atoms with Crippen molar-refractivity contribution in [3.8, 4) is 0 Å². The molecule has 3 nitrogen and oxygen atoms in total. The maximum Gasteiger partial charge on any atom is 0.391 e. The van der Waals surface area contributed by atoms with Gasteiger partial charge in [0.1, 0.15) is 0 Å². The van der Waals surface area contributed by atoms with E-state index in [2.05, 4.69) is 5.10 Å². The smallest absolute Gasteiger partial charge is 0.325 e. The third-order valence-electron chi connectivity index (χ3n) is 3.66. The highest BCUT2D eigenvalue weighted by Crippen LogP contribution is 2.41. The van der Waals surface area contributed by atoms with Crippen molar-refractivity contribution >= 4 is 0 Å².